The van der Waals surface area contributed by atoms with Crippen molar-refractivity contribution in [1.82, 2.24) is 0 Å². The zero-order valence-corrected chi connectivity index (χ0v) is 16.4. The van der Waals surface area contributed by atoms with E-state index in [-0.39, 0.29) is 6.42 Å². The highest BCUT2D eigenvalue weighted by atomic mass is 16.5. The summed E-state index contributed by atoms with van der Waals surface area (Å²) < 4.78 is 5.47. The molecular weight excluding hydrogens is 328 g/mol. The lowest BCUT2D eigenvalue weighted by Gasteiger charge is -2.40. The van der Waals surface area contributed by atoms with Gasteiger partial charge in [0, 0.05) is 18.5 Å². The first-order valence-corrected chi connectivity index (χ1v) is 9.59. The Labute approximate surface area is 156 Å². The number of carboxylic acids is 1. The standard InChI is InChI=1S/C21H32N2O3/c1-13-9-20(2,3)12-21(10-13)11-18(21)23-16-8-17(26-4)14(7-15(16)22)5-6-19(24)25/h7-8,13,18,23H,5-6,9-12,22H2,1-4H3,(H,24,25)/t13-,18-,21-/m1/s1. The Bertz CT molecular complexity index is 701. The van der Waals surface area contributed by atoms with Crippen molar-refractivity contribution in [2.24, 2.45) is 16.7 Å². The molecule has 4 N–H and O–H groups in total. The van der Waals surface area contributed by atoms with Crippen LogP contribution in [0.4, 0.5) is 11.4 Å². The smallest absolute Gasteiger partial charge is 0.303 e. The minimum Gasteiger partial charge on any atom is -0.496 e. The molecule has 1 aromatic carbocycles. The Morgan fingerprint density at radius 2 is 2.08 bits per heavy atom. The van der Waals surface area contributed by atoms with Gasteiger partial charge in [0.05, 0.1) is 18.5 Å². The normalized spacial score (nSPS) is 29.4. The summed E-state index contributed by atoms with van der Waals surface area (Å²) in [4.78, 5) is 10.8. The van der Waals surface area contributed by atoms with Crippen molar-refractivity contribution in [2.45, 2.75) is 65.3 Å². The van der Waals surface area contributed by atoms with Crippen LogP contribution in [-0.2, 0) is 11.2 Å². The third kappa shape index (κ3) is 3.92. The minimum absolute atomic E-state index is 0.0707. The number of nitrogens with two attached hydrogens (primary N) is 1. The lowest BCUT2D eigenvalue weighted by molar-refractivity contribution is -0.136. The van der Waals surface area contributed by atoms with Crippen molar-refractivity contribution < 1.29 is 14.6 Å². The number of carbonyl (C=O) groups is 1. The number of benzene rings is 1. The lowest BCUT2D eigenvalue weighted by Crippen LogP contribution is -2.32. The summed E-state index contributed by atoms with van der Waals surface area (Å²) in [7, 11) is 1.61. The molecule has 1 spiro atoms. The van der Waals surface area contributed by atoms with Gasteiger partial charge in [-0.2, -0.15) is 0 Å². The largest absolute Gasteiger partial charge is 0.496 e. The van der Waals surface area contributed by atoms with Crippen LogP contribution in [0.3, 0.4) is 0 Å². The average Bonchev–Trinajstić information content (AvgIpc) is 3.14. The van der Waals surface area contributed by atoms with Gasteiger partial charge in [-0.25, -0.2) is 0 Å². The van der Waals surface area contributed by atoms with Gasteiger partial charge in [0.1, 0.15) is 5.75 Å². The van der Waals surface area contributed by atoms with Crippen LogP contribution in [-0.4, -0.2) is 24.2 Å². The molecule has 144 valence electrons. The van der Waals surface area contributed by atoms with E-state index in [4.69, 9.17) is 15.6 Å². The lowest BCUT2D eigenvalue weighted by atomic mass is 9.66. The summed E-state index contributed by atoms with van der Waals surface area (Å²) in [5, 5.41) is 12.6. The van der Waals surface area contributed by atoms with Gasteiger partial charge >= 0.3 is 5.97 Å². The number of methoxy groups -OCH3 is 1. The highest BCUT2D eigenvalue weighted by molar-refractivity contribution is 5.72. The number of nitrogen functional groups attached to an aromatic ring is 1. The van der Waals surface area contributed by atoms with Gasteiger partial charge in [-0.05, 0) is 60.5 Å². The van der Waals surface area contributed by atoms with Crippen molar-refractivity contribution in [3.63, 3.8) is 0 Å². The number of rotatable bonds is 6. The summed E-state index contributed by atoms with van der Waals surface area (Å²) in [5.74, 6) is 0.646. The first-order valence-electron chi connectivity index (χ1n) is 9.59. The molecule has 0 saturated heterocycles. The van der Waals surface area contributed by atoms with Gasteiger partial charge < -0.3 is 20.9 Å². The van der Waals surface area contributed by atoms with Gasteiger partial charge in [0.2, 0.25) is 0 Å². The predicted molar refractivity (Wildman–Crippen MR) is 105 cm³/mol. The van der Waals surface area contributed by atoms with Crippen molar-refractivity contribution in [3.8, 4) is 5.75 Å². The summed E-state index contributed by atoms with van der Waals surface area (Å²) in [6.45, 7) is 7.13. The van der Waals surface area contributed by atoms with Gasteiger partial charge in [0.25, 0.3) is 0 Å². The summed E-state index contributed by atoms with van der Waals surface area (Å²) >= 11 is 0. The van der Waals surface area contributed by atoms with Crippen molar-refractivity contribution in [1.29, 1.82) is 0 Å². The highest BCUT2D eigenvalue weighted by Gasteiger charge is 2.58. The van der Waals surface area contributed by atoms with E-state index in [1.807, 2.05) is 12.1 Å². The molecule has 2 aliphatic carbocycles. The third-order valence-electron chi connectivity index (χ3n) is 6.07. The molecule has 3 rings (SSSR count). The number of hydrogen-bond acceptors (Lipinski definition) is 4. The van der Waals surface area contributed by atoms with Crippen LogP contribution in [0.5, 0.6) is 5.75 Å². The number of anilines is 2. The monoisotopic (exact) mass is 360 g/mol. The molecule has 2 saturated carbocycles. The van der Waals surface area contributed by atoms with Crippen LogP contribution >= 0.6 is 0 Å². The van der Waals surface area contributed by atoms with Crippen molar-refractivity contribution >= 4 is 17.3 Å². The maximum Gasteiger partial charge on any atom is 0.303 e. The maximum absolute atomic E-state index is 10.8. The van der Waals surface area contributed by atoms with Crippen LogP contribution in [0.15, 0.2) is 12.1 Å². The zero-order chi connectivity index (χ0) is 19.1. The highest BCUT2D eigenvalue weighted by Crippen LogP contribution is 2.63. The van der Waals surface area contributed by atoms with Crippen LogP contribution in [0.2, 0.25) is 0 Å². The van der Waals surface area contributed by atoms with E-state index in [0.717, 1.165) is 17.2 Å². The fourth-order valence-corrected chi connectivity index (χ4v) is 5.36. The first-order chi connectivity index (χ1) is 12.1. The number of carboxylic acid groups (broad SMARTS) is 1. The fourth-order valence-electron chi connectivity index (χ4n) is 5.36. The Morgan fingerprint density at radius 3 is 2.69 bits per heavy atom. The van der Waals surface area contributed by atoms with Gasteiger partial charge in [-0.1, -0.05) is 20.8 Å². The van der Waals surface area contributed by atoms with Crippen LogP contribution in [0, 0.1) is 16.7 Å². The molecule has 5 nitrogen and oxygen atoms in total. The molecule has 0 heterocycles. The second-order valence-corrected chi connectivity index (χ2v) is 9.26. The molecule has 2 fully saturated rings. The Morgan fingerprint density at radius 1 is 1.35 bits per heavy atom. The molecule has 0 aromatic heterocycles. The molecule has 1 aromatic rings. The van der Waals surface area contributed by atoms with E-state index in [1.54, 1.807) is 7.11 Å². The minimum atomic E-state index is -0.818. The molecule has 0 bridgehead atoms. The average molecular weight is 360 g/mol. The molecule has 0 aliphatic heterocycles. The van der Waals surface area contributed by atoms with Gasteiger partial charge in [0.15, 0.2) is 0 Å². The van der Waals surface area contributed by atoms with E-state index in [0.29, 0.717) is 34.7 Å². The number of ether oxygens (including phenoxy) is 1. The van der Waals surface area contributed by atoms with Crippen molar-refractivity contribution in [2.75, 3.05) is 18.2 Å². The maximum atomic E-state index is 10.8. The first kappa shape index (κ1) is 18.9. The summed E-state index contributed by atoms with van der Waals surface area (Å²) in [5.41, 5.74) is 9.46. The van der Waals surface area contributed by atoms with E-state index >= 15 is 0 Å². The Kier molecular flexibility index (Phi) is 4.84. The van der Waals surface area contributed by atoms with Gasteiger partial charge in [-0.3, -0.25) is 4.79 Å². The second kappa shape index (κ2) is 6.67. The number of aliphatic carboxylic acids is 1. The summed E-state index contributed by atoms with van der Waals surface area (Å²) in [6.07, 6.45) is 5.53. The quantitative estimate of drug-likeness (QED) is 0.658. The van der Waals surface area contributed by atoms with Crippen molar-refractivity contribution in [3.05, 3.63) is 17.7 Å². The summed E-state index contributed by atoms with van der Waals surface area (Å²) in [6, 6.07) is 4.24. The Hall–Kier alpha value is -1.91. The van der Waals surface area contributed by atoms with Gasteiger partial charge in [-0.15, -0.1) is 0 Å². The molecule has 0 amide bonds. The van der Waals surface area contributed by atoms with E-state index in [2.05, 4.69) is 26.1 Å². The van der Waals surface area contributed by atoms with E-state index in [1.165, 1.54) is 25.7 Å². The molecule has 3 atom stereocenters. The fraction of sp³-hybridized carbons (Fsp3) is 0.667. The Balaban J connectivity index is 1.74. The van der Waals surface area contributed by atoms with Crippen LogP contribution < -0.4 is 15.8 Å². The SMILES string of the molecule is COc1cc(N[C@@H]2C[C@@]23C[C@H](C)CC(C)(C)C3)c(N)cc1CCC(=O)O. The molecule has 2 aliphatic rings. The number of hydrogen-bond donors (Lipinski definition) is 3. The number of nitrogens with one attached hydrogen (secondary N) is 1. The molecule has 26 heavy (non-hydrogen) atoms. The van der Waals surface area contributed by atoms with E-state index < -0.39 is 5.97 Å². The molecular formula is C21H32N2O3. The third-order valence-corrected chi connectivity index (χ3v) is 6.07. The number of aryl methyl sites for hydroxylation is 1. The van der Waals surface area contributed by atoms with Crippen LogP contribution in [0.1, 0.15) is 58.4 Å². The molecule has 0 radical (unpaired) electrons. The second-order valence-electron chi connectivity index (χ2n) is 9.26. The predicted octanol–water partition coefficient (Wildman–Crippen LogP) is 4.31. The molecule has 5 heteroatoms. The topological polar surface area (TPSA) is 84.6 Å². The zero-order valence-electron chi connectivity index (χ0n) is 16.4. The van der Waals surface area contributed by atoms with E-state index in [9.17, 15) is 4.79 Å². The molecule has 0 unspecified atom stereocenters. The van der Waals surface area contributed by atoms with Crippen LogP contribution in [0.25, 0.3) is 0 Å².